The van der Waals surface area contributed by atoms with Gasteiger partial charge in [0.05, 0.1) is 13.2 Å². The topological polar surface area (TPSA) is 18.5 Å². The number of rotatable bonds is 0. The Labute approximate surface area is 122 Å². The zero-order valence-electron chi connectivity index (χ0n) is 12.6. The maximum atomic E-state index is 5.84. The first-order valence-corrected chi connectivity index (χ1v) is 10.9. The highest BCUT2D eigenvalue weighted by molar-refractivity contribution is 6.83. The second-order valence-corrected chi connectivity index (χ2v) is 11.5. The minimum atomic E-state index is -1.32. The zero-order chi connectivity index (χ0) is 14.2. The highest BCUT2D eigenvalue weighted by atomic mass is 28.3. The van der Waals surface area contributed by atoms with Crippen LogP contribution in [0.1, 0.15) is 23.1 Å². The first kappa shape index (κ1) is 13.9. The quantitative estimate of drug-likeness (QED) is 0.539. The van der Waals surface area contributed by atoms with Crippen LogP contribution in [0.2, 0.25) is 19.6 Å². The minimum absolute atomic E-state index is 0.349. The average molecular weight is 286 g/mol. The summed E-state index contributed by atoms with van der Waals surface area (Å²) < 4.78 is 11.7. The molecule has 2 nitrogen and oxygen atoms in total. The lowest BCUT2D eigenvalue weighted by Crippen LogP contribution is -2.36. The number of aryl methyl sites for hydroxylation is 1. The van der Waals surface area contributed by atoms with Gasteiger partial charge in [0.2, 0.25) is 0 Å². The summed E-state index contributed by atoms with van der Waals surface area (Å²) in [7, 11) is -1.32. The molecule has 0 atom stereocenters. The molecule has 1 aliphatic carbocycles. The molecule has 1 aromatic rings. The molecule has 20 heavy (non-hydrogen) atoms. The third kappa shape index (κ3) is 2.98. The Kier molecular flexibility index (Phi) is 3.49. The number of hydrogen-bond donors (Lipinski definition) is 0. The van der Waals surface area contributed by atoms with Gasteiger partial charge in [0.15, 0.2) is 5.79 Å². The summed E-state index contributed by atoms with van der Waals surface area (Å²) in [5.41, 5.74) is 7.33. The number of hydrogen-bond acceptors (Lipinski definition) is 2. The van der Waals surface area contributed by atoms with Crippen molar-refractivity contribution in [3.05, 3.63) is 34.9 Å². The van der Waals surface area contributed by atoms with Gasteiger partial charge in [-0.15, -0.1) is 5.54 Å². The SMILES string of the molecule is C[Si](C)(C)C#Cc1ccc2c(c1)CC1(CC2)OCCO1. The molecule has 106 valence electrons. The number of fused-ring (bicyclic) bond motifs is 1. The van der Waals surface area contributed by atoms with E-state index in [9.17, 15) is 0 Å². The molecule has 1 saturated heterocycles. The lowest BCUT2D eigenvalue weighted by molar-refractivity contribution is -0.163. The molecule has 2 aliphatic rings. The van der Waals surface area contributed by atoms with Gasteiger partial charge in [-0.05, 0) is 29.7 Å². The van der Waals surface area contributed by atoms with Gasteiger partial charge < -0.3 is 9.47 Å². The molecular weight excluding hydrogens is 264 g/mol. The smallest absolute Gasteiger partial charge is 0.172 e. The van der Waals surface area contributed by atoms with Crippen molar-refractivity contribution in [1.82, 2.24) is 0 Å². The van der Waals surface area contributed by atoms with Crippen LogP contribution in [-0.2, 0) is 22.3 Å². The van der Waals surface area contributed by atoms with Crippen LogP contribution < -0.4 is 0 Å². The van der Waals surface area contributed by atoms with E-state index in [0.717, 1.165) is 38.0 Å². The molecule has 1 aromatic carbocycles. The van der Waals surface area contributed by atoms with Crippen LogP contribution in [0.25, 0.3) is 0 Å². The van der Waals surface area contributed by atoms with Crippen LogP contribution >= 0.6 is 0 Å². The van der Waals surface area contributed by atoms with E-state index in [1.807, 2.05) is 0 Å². The van der Waals surface area contributed by atoms with Crippen LogP contribution in [-0.4, -0.2) is 27.1 Å². The van der Waals surface area contributed by atoms with Gasteiger partial charge in [-0.25, -0.2) is 0 Å². The van der Waals surface area contributed by atoms with Gasteiger partial charge in [-0.1, -0.05) is 31.6 Å². The predicted octanol–water partition coefficient (Wildman–Crippen LogP) is 3.15. The summed E-state index contributed by atoms with van der Waals surface area (Å²) >= 11 is 0. The Hall–Kier alpha value is -1.08. The fraction of sp³-hybridized carbons (Fsp3) is 0.529. The van der Waals surface area contributed by atoms with Gasteiger partial charge in [0, 0.05) is 18.4 Å². The van der Waals surface area contributed by atoms with Crippen LogP contribution in [0.5, 0.6) is 0 Å². The van der Waals surface area contributed by atoms with Crippen molar-refractivity contribution in [1.29, 1.82) is 0 Å². The molecule has 0 bridgehead atoms. The van der Waals surface area contributed by atoms with Crippen molar-refractivity contribution in [3.63, 3.8) is 0 Å². The second kappa shape index (κ2) is 5.03. The van der Waals surface area contributed by atoms with E-state index in [0.29, 0.717) is 0 Å². The average Bonchev–Trinajstić information content (AvgIpc) is 2.83. The Morgan fingerprint density at radius 3 is 2.55 bits per heavy atom. The van der Waals surface area contributed by atoms with E-state index in [4.69, 9.17) is 9.47 Å². The lowest BCUT2D eigenvalue weighted by Gasteiger charge is -2.32. The molecule has 1 heterocycles. The van der Waals surface area contributed by atoms with E-state index >= 15 is 0 Å². The minimum Gasteiger partial charge on any atom is -0.347 e. The van der Waals surface area contributed by atoms with E-state index < -0.39 is 8.07 Å². The molecule has 3 heteroatoms. The van der Waals surface area contributed by atoms with Gasteiger partial charge in [0.1, 0.15) is 8.07 Å². The summed E-state index contributed by atoms with van der Waals surface area (Å²) in [5.74, 6) is 2.99. The summed E-state index contributed by atoms with van der Waals surface area (Å²) in [5, 5.41) is 0. The maximum Gasteiger partial charge on any atom is 0.172 e. The Bertz CT molecular complexity index is 569. The fourth-order valence-corrected chi connectivity index (χ4v) is 3.34. The first-order valence-electron chi connectivity index (χ1n) is 7.39. The molecule has 0 aromatic heterocycles. The molecule has 0 radical (unpaired) electrons. The lowest BCUT2D eigenvalue weighted by atomic mass is 9.86. The van der Waals surface area contributed by atoms with E-state index in [2.05, 4.69) is 49.3 Å². The van der Waals surface area contributed by atoms with Crippen LogP contribution in [0, 0.1) is 11.5 Å². The summed E-state index contributed by atoms with van der Waals surface area (Å²) in [6.07, 6.45) is 2.88. The monoisotopic (exact) mass is 286 g/mol. The van der Waals surface area contributed by atoms with Crippen molar-refractivity contribution in [2.45, 2.75) is 44.7 Å². The molecule has 0 N–H and O–H groups in total. The molecule has 0 unspecified atom stereocenters. The van der Waals surface area contributed by atoms with E-state index in [1.165, 1.54) is 11.1 Å². The summed E-state index contributed by atoms with van der Waals surface area (Å²) in [6.45, 7) is 8.27. The van der Waals surface area contributed by atoms with Crippen molar-refractivity contribution < 1.29 is 9.47 Å². The Morgan fingerprint density at radius 2 is 1.85 bits per heavy atom. The van der Waals surface area contributed by atoms with Crippen molar-refractivity contribution in [2.75, 3.05) is 13.2 Å². The van der Waals surface area contributed by atoms with Gasteiger partial charge >= 0.3 is 0 Å². The summed E-state index contributed by atoms with van der Waals surface area (Å²) in [6, 6.07) is 6.61. The zero-order valence-corrected chi connectivity index (χ0v) is 13.6. The maximum absolute atomic E-state index is 5.84. The first-order chi connectivity index (χ1) is 9.46. The van der Waals surface area contributed by atoms with Crippen molar-refractivity contribution in [2.24, 2.45) is 0 Å². The Balaban J connectivity index is 1.86. The Morgan fingerprint density at radius 1 is 1.10 bits per heavy atom. The largest absolute Gasteiger partial charge is 0.347 e. The van der Waals surface area contributed by atoms with Crippen LogP contribution in [0.4, 0.5) is 0 Å². The molecule has 1 fully saturated rings. The molecular formula is C17H22O2Si. The standard InChI is InChI=1S/C17H22O2Si/c1-20(2,3)11-7-14-4-5-15-6-8-17(13-16(15)12-14)18-9-10-19-17/h4-5,12H,6,8-10,13H2,1-3H3. The normalized spacial score (nSPS) is 20.4. The van der Waals surface area contributed by atoms with Gasteiger partial charge in [0.25, 0.3) is 0 Å². The van der Waals surface area contributed by atoms with Crippen LogP contribution in [0.3, 0.4) is 0 Å². The molecule has 1 aliphatic heterocycles. The van der Waals surface area contributed by atoms with Gasteiger partial charge in [-0.3, -0.25) is 0 Å². The highest BCUT2D eigenvalue weighted by Gasteiger charge is 2.39. The number of ether oxygens (including phenoxy) is 2. The van der Waals surface area contributed by atoms with E-state index in [1.54, 1.807) is 0 Å². The highest BCUT2D eigenvalue weighted by Crippen LogP contribution is 2.35. The van der Waals surface area contributed by atoms with Crippen molar-refractivity contribution in [3.8, 4) is 11.5 Å². The molecule has 1 spiro atoms. The van der Waals surface area contributed by atoms with Gasteiger partial charge in [-0.2, -0.15) is 0 Å². The third-order valence-corrected chi connectivity index (χ3v) is 4.71. The fourth-order valence-electron chi connectivity index (χ4n) is 2.82. The summed E-state index contributed by atoms with van der Waals surface area (Å²) in [4.78, 5) is 0. The number of benzene rings is 1. The predicted molar refractivity (Wildman–Crippen MR) is 83.3 cm³/mol. The molecule has 0 saturated carbocycles. The molecule has 0 amide bonds. The third-order valence-electron chi connectivity index (χ3n) is 3.84. The second-order valence-electron chi connectivity index (χ2n) is 6.77. The molecule has 3 rings (SSSR count). The van der Waals surface area contributed by atoms with E-state index in [-0.39, 0.29) is 5.79 Å². The van der Waals surface area contributed by atoms with Crippen LogP contribution in [0.15, 0.2) is 18.2 Å². The van der Waals surface area contributed by atoms with Crippen molar-refractivity contribution >= 4 is 8.07 Å².